The Morgan fingerprint density at radius 3 is 2.21 bits per heavy atom. The minimum Gasteiger partial charge on any atom is -0.298 e. The highest BCUT2D eigenvalue weighted by atomic mass is 35.7. The summed E-state index contributed by atoms with van der Waals surface area (Å²) < 4.78 is 22.2. The largest absolute Gasteiger partial charge is 0.298 e. The van der Waals surface area contributed by atoms with Gasteiger partial charge in [-0.3, -0.25) is 4.79 Å². The second-order valence-electron chi connectivity index (χ2n) is 3.03. The molecule has 0 bridgehead atoms. The van der Waals surface area contributed by atoms with Gasteiger partial charge < -0.3 is 0 Å². The van der Waals surface area contributed by atoms with Crippen molar-refractivity contribution >= 4 is 26.0 Å². The molecule has 3 nitrogen and oxygen atoms in total. The molecule has 0 unspecified atom stereocenters. The average molecular weight is 233 g/mol. The van der Waals surface area contributed by atoms with Crippen LogP contribution >= 0.6 is 10.7 Å². The van der Waals surface area contributed by atoms with Gasteiger partial charge in [-0.1, -0.05) is 6.07 Å². The summed E-state index contributed by atoms with van der Waals surface area (Å²) in [5.41, 5.74) is 1.62. The summed E-state index contributed by atoms with van der Waals surface area (Å²) in [5, 5.41) is 0. The fraction of sp³-hybridized carbons (Fsp3) is 0.222. The van der Waals surface area contributed by atoms with Crippen molar-refractivity contribution in [2.24, 2.45) is 0 Å². The number of hydrogen-bond acceptors (Lipinski definition) is 3. The van der Waals surface area contributed by atoms with E-state index < -0.39 is 9.05 Å². The molecule has 1 rings (SSSR count). The molecule has 14 heavy (non-hydrogen) atoms. The van der Waals surface area contributed by atoms with Gasteiger partial charge in [-0.05, 0) is 31.0 Å². The van der Waals surface area contributed by atoms with E-state index in [1.54, 1.807) is 19.9 Å². The van der Waals surface area contributed by atoms with Crippen molar-refractivity contribution in [3.05, 3.63) is 28.8 Å². The average Bonchev–Trinajstić information content (AvgIpc) is 2.02. The predicted octanol–water partition coefficient (Wildman–Crippen LogP) is 2.04. The van der Waals surface area contributed by atoms with Crippen LogP contribution in [0.4, 0.5) is 0 Å². The Labute approximate surface area is 87.1 Å². The van der Waals surface area contributed by atoms with Crippen LogP contribution in [0.1, 0.15) is 21.5 Å². The molecule has 0 saturated carbocycles. The van der Waals surface area contributed by atoms with E-state index in [9.17, 15) is 13.2 Å². The van der Waals surface area contributed by atoms with E-state index in [1.807, 2.05) is 0 Å². The van der Waals surface area contributed by atoms with E-state index in [0.29, 0.717) is 17.4 Å². The van der Waals surface area contributed by atoms with Crippen LogP contribution in [0.3, 0.4) is 0 Å². The Morgan fingerprint density at radius 1 is 1.21 bits per heavy atom. The fourth-order valence-electron chi connectivity index (χ4n) is 1.24. The van der Waals surface area contributed by atoms with Crippen LogP contribution in [0, 0.1) is 13.8 Å². The molecule has 0 aliphatic heterocycles. The monoisotopic (exact) mass is 232 g/mol. The van der Waals surface area contributed by atoms with Crippen LogP contribution in [0.25, 0.3) is 0 Å². The summed E-state index contributed by atoms with van der Waals surface area (Å²) in [7, 11) is 1.43. The van der Waals surface area contributed by atoms with E-state index >= 15 is 0 Å². The molecule has 0 aliphatic rings. The van der Waals surface area contributed by atoms with Gasteiger partial charge in [0.1, 0.15) is 6.29 Å². The molecule has 0 aromatic heterocycles. The number of carbonyl (C=O) groups is 1. The number of hydrogen-bond donors (Lipinski definition) is 0. The van der Waals surface area contributed by atoms with Gasteiger partial charge in [0.25, 0.3) is 9.05 Å². The minimum absolute atomic E-state index is 0.00753. The third-order valence-corrected chi connectivity index (χ3v) is 3.42. The highest BCUT2D eigenvalue weighted by Crippen LogP contribution is 2.22. The maximum Gasteiger partial charge on any atom is 0.261 e. The lowest BCUT2D eigenvalue weighted by Gasteiger charge is -2.05. The Morgan fingerprint density at radius 2 is 1.79 bits per heavy atom. The molecule has 76 valence electrons. The van der Waals surface area contributed by atoms with E-state index in [-0.39, 0.29) is 4.90 Å². The number of aryl methyl sites for hydroxylation is 2. The topological polar surface area (TPSA) is 51.2 Å². The molecule has 0 fully saturated rings. The highest BCUT2D eigenvalue weighted by Gasteiger charge is 2.15. The zero-order valence-corrected chi connectivity index (χ0v) is 9.32. The number of carbonyl (C=O) groups excluding carboxylic acids is 1. The first-order chi connectivity index (χ1) is 6.36. The third kappa shape index (κ3) is 2.13. The summed E-state index contributed by atoms with van der Waals surface area (Å²) in [4.78, 5) is 10.6. The van der Waals surface area contributed by atoms with Crippen LogP contribution in [-0.2, 0) is 9.05 Å². The van der Waals surface area contributed by atoms with Gasteiger partial charge in [-0.25, -0.2) is 8.42 Å². The van der Waals surface area contributed by atoms with Crippen LogP contribution in [0.2, 0.25) is 0 Å². The van der Waals surface area contributed by atoms with Crippen molar-refractivity contribution in [3.8, 4) is 0 Å². The highest BCUT2D eigenvalue weighted by molar-refractivity contribution is 8.13. The summed E-state index contributed by atoms with van der Waals surface area (Å²) in [6, 6.07) is 2.92. The predicted molar refractivity (Wildman–Crippen MR) is 54.3 cm³/mol. The summed E-state index contributed by atoms with van der Waals surface area (Å²) in [6.07, 6.45) is 0.611. The molecule has 0 amide bonds. The van der Waals surface area contributed by atoms with Crippen molar-refractivity contribution in [1.82, 2.24) is 0 Å². The van der Waals surface area contributed by atoms with Gasteiger partial charge in [0.2, 0.25) is 0 Å². The van der Waals surface area contributed by atoms with E-state index in [1.165, 1.54) is 6.07 Å². The zero-order valence-electron chi connectivity index (χ0n) is 7.74. The lowest BCUT2D eigenvalue weighted by atomic mass is 10.1. The smallest absolute Gasteiger partial charge is 0.261 e. The van der Waals surface area contributed by atoms with E-state index in [4.69, 9.17) is 10.7 Å². The molecule has 0 radical (unpaired) electrons. The van der Waals surface area contributed by atoms with Gasteiger partial charge >= 0.3 is 0 Å². The Balaban J connectivity index is 3.55. The van der Waals surface area contributed by atoms with E-state index in [2.05, 4.69) is 0 Å². The van der Waals surface area contributed by atoms with Gasteiger partial charge in [-0.2, -0.15) is 0 Å². The molecular formula is C9H9ClO3S. The first-order valence-corrected chi connectivity index (χ1v) is 6.18. The Bertz CT molecular complexity index is 477. The van der Waals surface area contributed by atoms with E-state index in [0.717, 1.165) is 5.56 Å². The molecule has 0 N–H and O–H groups in total. The first-order valence-electron chi connectivity index (χ1n) is 3.87. The van der Waals surface area contributed by atoms with Crippen molar-refractivity contribution in [2.75, 3.05) is 0 Å². The summed E-state index contributed by atoms with van der Waals surface area (Å²) >= 11 is 0. The van der Waals surface area contributed by atoms with Crippen LogP contribution in [0.15, 0.2) is 17.0 Å². The molecular weight excluding hydrogens is 224 g/mol. The maximum atomic E-state index is 11.1. The number of aldehydes is 1. The molecule has 0 aliphatic carbocycles. The summed E-state index contributed by atoms with van der Waals surface area (Å²) in [6.45, 7) is 3.37. The van der Waals surface area contributed by atoms with Gasteiger partial charge in [-0.15, -0.1) is 0 Å². The second kappa shape index (κ2) is 3.71. The van der Waals surface area contributed by atoms with Crippen molar-refractivity contribution < 1.29 is 13.2 Å². The lowest BCUT2D eigenvalue weighted by molar-refractivity contribution is 0.112. The molecule has 1 aromatic carbocycles. The third-order valence-electron chi connectivity index (χ3n) is 1.95. The van der Waals surface area contributed by atoms with Crippen molar-refractivity contribution in [3.63, 3.8) is 0 Å². The summed E-state index contributed by atoms with van der Waals surface area (Å²) in [5.74, 6) is 0. The van der Waals surface area contributed by atoms with Gasteiger partial charge in [0.15, 0.2) is 0 Å². The molecule has 0 atom stereocenters. The quantitative estimate of drug-likeness (QED) is 0.579. The van der Waals surface area contributed by atoms with Crippen LogP contribution < -0.4 is 0 Å². The molecule has 0 heterocycles. The normalized spacial score (nSPS) is 11.4. The Kier molecular flexibility index (Phi) is 2.97. The van der Waals surface area contributed by atoms with Gasteiger partial charge in [0.05, 0.1) is 4.90 Å². The van der Waals surface area contributed by atoms with Crippen molar-refractivity contribution in [1.29, 1.82) is 0 Å². The van der Waals surface area contributed by atoms with Crippen molar-refractivity contribution in [2.45, 2.75) is 18.7 Å². The van der Waals surface area contributed by atoms with Gasteiger partial charge in [0, 0.05) is 16.2 Å². The van der Waals surface area contributed by atoms with Crippen LogP contribution in [-0.4, -0.2) is 14.7 Å². The molecule has 1 aromatic rings. The second-order valence-corrected chi connectivity index (χ2v) is 5.56. The number of benzene rings is 1. The number of halogens is 1. The SMILES string of the molecule is Cc1cc(C)c(S(=O)(=O)Cl)cc1C=O. The molecule has 0 spiro atoms. The standard InChI is InChI=1S/C9H9ClO3S/c1-6-3-7(2)9(14(10,12)13)4-8(6)5-11/h3-5H,1-2H3. The number of rotatable bonds is 2. The maximum absolute atomic E-state index is 11.1. The molecule has 5 heteroatoms. The first kappa shape index (κ1) is 11.2. The minimum atomic E-state index is -3.77. The zero-order chi connectivity index (χ0) is 10.9. The van der Waals surface area contributed by atoms with Crippen LogP contribution in [0.5, 0.6) is 0 Å². The Hall–Kier alpha value is -0.870. The lowest BCUT2D eigenvalue weighted by Crippen LogP contribution is -1.98. The molecule has 0 saturated heterocycles. The fourth-order valence-corrected chi connectivity index (χ4v) is 2.45.